The van der Waals surface area contributed by atoms with Gasteiger partial charge in [0.05, 0.1) is 15.5 Å². The van der Waals surface area contributed by atoms with Gasteiger partial charge in [0, 0.05) is 9.92 Å². The molecule has 2 aromatic rings. The Bertz CT molecular complexity index is 894. The van der Waals surface area contributed by atoms with Gasteiger partial charge in [-0.05, 0) is 48.9 Å². The van der Waals surface area contributed by atoms with Crippen molar-refractivity contribution >= 4 is 39.2 Å². The molecule has 0 saturated heterocycles. The molecule has 8 heteroatoms. The summed E-state index contributed by atoms with van der Waals surface area (Å²) in [6.07, 6.45) is 0. The lowest BCUT2D eigenvalue weighted by molar-refractivity contribution is -0.139. The van der Waals surface area contributed by atoms with Gasteiger partial charge in [0.15, 0.2) is 16.4 Å². The molecule has 0 aliphatic heterocycles. The average Bonchev–Trinajstić information content (AvgIpc) is 2.55. The first kappa shape index (κ1) is 19.6. The molecule has 0 aliphatic carbocycles. The third-order valence-corrected chi connectivity index (χ3v) is 6.55. The Morgan fingerprint density at radius 2 is 1.92 bits per heavy atom. The van der Waals surface area contributed by atoms with Crippen molar-refractivity contribution in [3.63, 3.8) is 0 Å². The number of benzene rings is 2. The third-order valence-electron chi connectivity index (χ3n) is 3.36. The van der Waals surface area contributed by atoms with Crippen molar-refractivity contribution in [2.75, 3.05) is 12.4 Å². The van der Waals surface area contributed by atoms with Crippen LogP contribution in [0.1, 0.15) is 12.5 Å². The van der Waals surface area contributed by atoms with E-state index in [-0.39, 0.29) is 10.6 Å². The first-order valence-corrected chi connectivity index (χ1v) is 10.2. The molecule has 2 rings (SSSR count). The lowest BCUT2D eigenvalue weighted by atomic mass is 10.2. The minimum absolute atomic E-state index is 0.0421. The predicted octanol–water partition coefficient (Wildman–Crippen LogP) is 4.06. The summed E-state index contributed by atoms with van der Waals surface area (Å²) >= 11 is 7.36. The Morgan fingerprint density at radius 3 is 2.52 bits per heavy atom. The van der Waals surface area contributed by atoms with E-state index >= 15 is 0 Å². The van der Waals surface area contributed by atoms with Gasteiger partial charge in [0.1, 0.15) is 5.75 Å². The number of sulfone groups is 1. The fourth-order valence-electron chi connectivity index (χ4n) is 2.04. The number of hydrogen-bond acceptors (Lipinski definition) is 5. The zero-order valence-corrected chi connectivity index (χ0v) is 16.0. The molecule has 0 spiro atoms. The van der Waals surface area contributed by atoms with Crippen molar-refractivity contribution in [1.82, 2.24) is 0 Å². The standard InChI is InChI=1S/C17H17ClO5S2/c1-3-25(21,22)13-5-7-15(11(2)8-13)24-16-9-12(18)4-6-14(16)23-10-17(19)20/h4-9H,3,10H2,1-2H3,(H,19,20). The number of rotatable bonds is 7. The van der Waals surface area contributed by atoms with E-state index in [1.165, 1.54) is 11.8 Å². The zero-order chi connectivity index (χ0) is 18.6. The van der Waals surface area contributed by atoms with Crippen LogP contribution in [-0.4, -0.2) is 31.9 Å². The zero-order valence-electron chi connectivity index (χ0n) is 13.7. The van der Waals surface area contributed by atoms with Crippen LogP contribution in [-0.2, 0) is 14.6 Å². The van der Waals surface area contributed by atoms with E-state index in [2.05, 4.69) is 0 Å². The van der Waals surface area contributed by atoms with Crippen LogP contribution in [0.25, 0.3) is 0 Å². The van der Waals surface area contributed by atoms with Gasteiger partial charge >= 0.3 is 5.97 Å². The monoisotopic (exact) mass is 400 g/mol. The molecule has 0 radical (unpaired) electrons. The molecule has 0 bridgehead atoms. The molecule has 0 unspecified atom stereocenters. The van der Waals surface area contributed by atoms with Crippen molar-refractivity contribution in [2.24, 2.45) is 0 Å². The molecule has 0 fully saturated rings. The second-order valence-corrected chi connectivity index (χ2v) is 9.00. The number of carboxylic acid groups (broad SMARTS) is 1. The van der Waals surface area contributed by atoms with Gasteiger partial charge in [-0.15, -0.1) is 0 Å². The summed E-state index contributed by atoms with van der Waals surface area (Å²) in [6, 6.07) is 9.83. The van der Waals surface area contributed by atoms with Crippen molar-refractivity contribution in [3.8, 4) is 5.75 Å². The summed E-state index contributed by atoms with van der Waals surface area (Å²) in [6.45, 7) is 2.96. The number of halogens is 1. The van der Waals surface area contributed by atoms with Crippen molar-refractivity contribution in [2.45, 2.75) is 28.5 Å². The minimum Gasteiger partial charge on any atom is -0.481 e. The second kappa shape index (κ2) is 8.12. The maximum Gasteiger partial charge on any atom is 0.341 e. The molecule has 5 nitrogen and oxygen atoms in total. The summed E-state index contributed by atoms with van der Waals surface area (Å²) in [5, 5.41) is 9.26. The summed E-state index contributed by atoms with van der Waals surface area (Å²) in [5.74, 6) is -0.627. The smallest absolute Gasteiger partial charge is 0.341 e. The molecule has 134 valence electrons. The summed E-state index contributed by atoms with van der Waals surface area (Å²) in [5.41, 5.74) is 0.795. The van der Waals surface area contributed by atoms with Gasteiger partial charge in [-0.2, -0.15) is 0 Å². The maximum atomic E-state index is 12.0. The maximum absolute atomic E-state index is 12.0. The number of carbonyl (C=O) groups is 1. The summed E-state index contributed by atoms with van der Waals surface area (Å²) in [7, 11) is -3.26. The van der Waals surface area contributed by atoms with Crippen LogP contribution in [0.4, 0.5) is 0 Å². The molecular weight excluding hydrogens is 384 g/mol. The molecule has 0 heterocycles. The van der Waals surface area contributed by atoms with Crippen LogP contribution in [0.3, 0.4) is 0 Å². The molecule has 0 amide bonds. The van der Waals surface area contributed by atoms with Crippen LogP contribution in [0.2, 0.25) is 5.02 Å². The second-order valence-electron chi connectivity index (χ2n) is 5.21. The molecule has 1 N–H and O–H groups in total. The van der Waals surface area contributed by atoms with E-state index in [9.17, 15) is 13.2 Å². The third kappa shape index (κ3) is 5.14. The van der Waals surface area contributed by atoms with Gasteiger partial charge in [0.2, 0.25) is 0 Å². The molecule has 0 atom stereocenters. The molecule has 2 aromatic carbocycles. The lowest BCUT2D eigenvalue weighted by Crippen LogP contribution is -2.09. The first-order valence-electron chi connectivity index (χ1n) is 7.38. The number of hydrogen-bond donors (Lipinski definition) is 1. The highest BCUT2D eigenvalue weighted by atomic mass is 35.5. The highest BCUT2D eigenvalue weighted by Crippen LogP contribution is 2.38. The van der Waals surface area contributed by atoms with Crippen LogP contribution in [0, 0.1) is 6.92 Å². The highest BCUT2D eigenvalue weighted by molar-refractivity contribution is 7.99. The Balaban J connectivity index is 2.33. The largest absolute Gasteiger partial charge is 0.481 e. The van der Waals surface area contributed by atoms with Gasteiger partial charge in [0.25, 0.3) is 0 Å². The van der Waals surface area contributed by atoms with E-state index < -0.39 is 22.4 Å². The summed E-state index contributed by atoms with van der Waals surface area (Å²) in [4.78, 5) is 12.5. The lowest BCUT2D eigenvalue weighted by Gasteiger charge is -2.12. The van der Waals surface area contributed by atoms with E-state index in [4.69, 9.17) is 21.4 Å². The van der Waals surface area contributed by atoms with Crippen LogP contribution in [0.5, 0.6) is 5.75 Å². The van der Waals surface area contributed by atoms with Crippen LogP contribution >= 0.6 is 23.4 Å². The molecule has 0 saturated carbocycles. The van der Waals surface area contributed by atoms with E-state index in [1.54, 1.807) is 43.3 Å². The summed E-state index contributed by atoms with van der Waals surface area (Å²) < 4.78 is 29.2. The number of carboxylic acids is 1. The van der Waals surface area contributed by atoms with E-state index in [1.807, 2.05) is 6.92 Å². The van der Waals surface area contributed by atoms with Gasteiger partial charge < -0.3 is 9.84 Å². The van der Waals surface area contributed by atoms with Crippen molar-refractivity contribution in [1.29, 1.82) is 0 Å². The van der Waals surface area contributed by atoms with E-state index in [0.717, 1.165) is 10.5 Å². The SMILES string of the molecule is CCS(=O)(=O)c1ccc(Sc2cc(Cl)ccc2OCC(=O)O)c(C)c1. The Morgan fingerprint density at radius 1 is 1.20 bits per heavy atom. The highest BCUT2D eigenvalue weighted by Gasteiger charge is 2.15. The van der Waals surface area contributed by atoms with Crippen molar-refractivity contribution in [3.05, 3.63) is 47.0 Å². The Hall–Kier alpha value is -1.70. The fraction of sp³-hybridized carbons (Fsp3) is 0.235. The molecule has 0 aromatic heterocycles. The van der Waals surface area contributed by atoms with Crippen molar-refractivity contribution < 1.29 is 23.1 Å². The minimum atomic E-state index is -3.26. The topological polar surface area (TPSA) is 80.7 Å². The van der Waals surface area contributed by atoms with E-state index in [0.29, 0.717) is 15.7 Å². The van der Waals surface area contributed by atoms with Gasteiger partial charge in [-0.1, -0.05) is 30.3 Å². The van der Waals surface area contributed by atoms with Crippen LogP contribution in [0.15, 0.2) is 51.1 Å². The van der Waals surface area contributed by atoms with Gasteiger partial charge in [-0.25, -0.2) is 13.2 Å². The molecule has 25 heavy (non-hydrogen) atoms. The Kier molecular flexibility index (Phi) is 6.37. The normalized spacial score (nSPS) is 11.3. The molecular formula is C17H17ClO5S2. The Labute approximate surface area is 155 Å². The van der Waals surface area contributed by atoms with Gasteiger partial charge in [-0.3, -0.25) is 0 Å². The average molecular weight is 401 g/mol. The number of ether oxygens (including phenoxy) is 1. The number of aryl methyl sites for hydroxylation is 1. The fourth-order valence-corrected chi connectivity index (χ4v) is 4.24. The quantitative estimate of drug-likeness (QED) is 0.754. The molecule has 0 aliphatic rings. The number of aliphatic carboxylic acids is 1. The first-order chi connectivity index (χ1) is 11.7. The predicted molar refractivity (Wildman–Crippen MR) is 97.6 cm³/mol. The van der Waals surface area contributed by atoms with Crippen LogP contribution < -0.4 is 4.74 Å².